The third-order valence-electron chi connectivity index (χ3n) is 3.71. The van der Waals surface area contributed by atoms with Gasteiger partial charge in [0.25, 0.3) is 0 Å². The number of amides is 2. The lowest BCUT2D eigenvalue weighted by Crippen LogP contribution is -2.52. The quantitative estimate of drug-likeness (QED) is 0.656. The maximum atomic E-state index is 12.0. The van der Waals surface area contributed by atoms with Crippen molar-refractivity contribution in [3.63, 3.8) is 0 Å². The Labute approximate surface area is 117 Å². The summed E-state index contributed by atoms with van der Waals surface area (Å²) in [5.74, 6) is -0.217. The van der Waals surface area contributed by atoms with Gasteiger partial charge in [0.2, 0.25) is 0 Å². The molecule has 1 aromatic rings. The van der Waals surface area contributed by atoms with Gasteiger partial charge in [-0.3, -0.25) is 4.79 Å². The van der Waals surface area contributed by atoms with Crippen LogP contribution >= 0.6 is 0 Å². The van der Waals surface area contributed by atoms with Crippen molar-refractivity contribution >= 4 is 12.0 Å². The summed E-state index contributed by atoms with van der Waals surface area (Å²) in [5.41, 5.74) is -0.612. The molecule has 1 atom stereocenters. The number of aliphatic carboxylic acids is 1. The van der Waals surface area contributed by atoms with Crippen molar-refractivity contribution in [1.29, 1.82) is 0 Å². The fourth-order valence-corrected chi connectivity index (χ4v) is 2.74. The highest BCUT2D eigenvalue weighted by molar-refractivity contribution is 5.77. The lowest BCUT2D eigenvalue weighted by Gasteiger charge is -2.29. The van der Waals surface area contributed by atoms with Gasteiger partial charge in [0.1, 0.15) is 5.82 Å². The summed E-state index contributed by atoms with van der Waals surface area (Å²) in [5, 5.41) is 14.6. The molecule has 110 valence electrons. The Morgan fingerprint density at radius 3 is 2.75 bits per heavy atom. The number of nitrogens with zero attached hydrogens (tertiary/aromatic N) is 1. The number of rotatable bonds is 5. The molecule has 0 aliphatic heterocycles. The van der Waals surface area contributed by atoms with E-state index in [0.717, 1.165) is 12.8 Å². The number of imidazole rings is 1. The third-order valence-corrected chi connectivity index (χ3v) is 3.71. The minimum Gasteiger partial charge on any atom is -0.481 e. The Bertz CT molecular complexity index is 466. The average Bonchev–Trinajstić information content (AvgIpc) is 2.98. The third kappa shape index (κ3) is 3.49. The van der Waals surface area contributed by atoms with Crippen LogP contribution in [-0.2, 0) is 4.79 Å². The van der Waals surface area contributed by atoms with Crippen molar-refractivity contribution in [2.45, 2.75) is 50.6 Å². The van der Waals surface area contributed by atoms with E-state index in [1.807, 2.05) is 6.92 Å². The van der Waals surface area contributed by atoms with Crippen LogP contribution in [0.15, 0.2) is 12.4 Å². The van der Waals surface area contributed by atoms with Crippen molar-refractivity contribution < 1.29 is 14.7 Å². The number of aromatic nitrogens is 2. The second kappa shape index (κ2) is 5.94. The molecule has 4 N–H and O–H groups in total. The molecule has 0 bridgehead atoms. The largest absolute Gasteiger partial charge is 0.481 e. The standard InChI is InChI=1S/C13H20N4O3/c1-9(11-14-6-7-15-11)16-12(20)17-13(8-10(18)19)4-2-3-5-13/h6-7,9H,2-5,8H2,1H3,(H,14,15)(H,18,19)(H2,16,17,20). The molecule has 7 nitrogen and oxygen atoms in total. The van der Waals surface area contributed by atoms with E-state index in [1.54, 1.807) is 12.4 Å². The van der Waals surface area contributed by atoms with Crippen molar-refractivity contribution in [3.05, 3.63) is 18.2 Å². The van der Waals surface area contributed by atoms with Crippen LogP contribution in [0.4, 0.5) is 4.79 Å². The molecule has 0 aromatic carbocycles. The summed E-state index contributed by atoms with van der Waals surface area (Å²) < 4.78 is 0. The molecule has 1 aliphatic rings. The van der Waals surface area contributed by atoms with E-state index in [2.05, 4.69) is 20.6 Å². The van der Waals surface area contributed by atoms with Crippen LogP contribution in [0.5, 0.6) is 0 Å². The van der Waals surface area contributed by atoms with Gasteiger partial charge in [-0.2, -0.15) is 0 Å². The van der Waals surface area contributed by atoms with Gasteiger partial charge >= 0.3 is 12.0 Å². The van der Waals surface area contributed by atoms with Gasteiger partial charge in [-0.25, -0.2) is 9.78 Å². The Balaban J connectivity index is 1.93. The van der Waals surface area contributed by atoms with Crippen LogP contribution in [0.25, 0.3) is 0 Å². The maximum Gasteiger partial charge on any atom is 0.315 e. The topological polar surface area (TPSA) is 107 Å². The number of hydrogen-bond acceptors (Lipinski definition) is 3. The lowest BCUT2D eigenvalue weighted by molar-refractivity contribution is -0.138. The van der Waals surface area contributed by atoms with E-state index < -0.39 is 11.5 Å². The first-order chi connectivity index (χ1) is 9.51. The zero-order valence-corrected chi connectivity index (χ0v) is 11.5. The minimum atomic E-state index is -0.883. The lowest BCUT2D eigenvalue weighted by atomic mass is 9.93. The highest BCUT2D eigenvalue weighted by Gasteiger charge is 2.37. The molecule has 20 heavy (non-hydrogen) atoms. The molecule has 1 aromatic heterocycles. The number of hydrogen-bond donors (Lipinski definition) is 4. The molecule has 1 heterocycles. The summed E-state index contributed by atoms with van der Waals surface area (Å²) in [6, 6.07) is -0.606. The number of carbonyl (C=O) groups excluding carboxylic acids is 1. The molecule has 1 saturated carbocycles. The van der Waals surface area contributed by atoms with Crippen LogP contribution < -0.4 is 10.6 Å². The zero-order valence-electron chi connectivity index (χ0n) is 11.5. The molecule has 7 heteroatoms. The fraction of sp³-hybridized carbons (Fsp3) is 0.615. The van der Waals surface area contributed by atoms with E-state index in [1.165, 1.54) is 0 Å². The summed E-state index contributed by atoms with van der Waals surface area (Å²) in [7, 11) is 0. The van der Waals surface area contributed by atoms with Crippen molar-refractivity contribution in [3.8, 4) is 0 Å². The molecule has 2 amide bonds. The number of carbonyl (C=O) groups is 2. The molecule has 1 unspecified atom stereocenters. The van der Waals surface area contributed by atoms with Gasteiger partial charge in [-0.05, 0) is 19.8 Å². The van der Waals surface area contributed by atoms with E-state index in [-0.39, 0.29) is 18.5 Å². The number of H-pyrrole nitrogens is 1. The molecule has 2 rings (SSSR count). The predicted molar refractivity (Wildman–Crippen MR) is 72.1 cm³/mol. The van der Waals surface area contributed by atoms with Crippen molar-refractivity contribution in [2.24, 2.45) is 0 Å². The van der Waals surface area contributed by atoms with Gasteiger partial charge in [-0.1, -0.05) is 12.8 Å². The summed E-state index contributed by atoms with van der Waals surface area (Å²) in [6.07, 6.45) is 6.59. The average molecular weight is 280 g/mol. The second-order valence-corrected chi connectivity index (χ2v) is 5.35. The van der Waals surface area contributed by atoms with Gasteiger partial charge < -0.3 is 20.7 Å². The normalized spacial score (nSPS) is 18.4. The van der Waals surface area contributed by atoms with Gasteiger partial charge in [0.05, 0.1) is 18.0 Å². The number of carboxylic acids is 1. The number of nitrogens with one attached hydrogen (secondary N) is 3. The molecule has 0 radical (unpaired) electrons. The monoisotopic (exact) mass is 280 g/mol. The van der Waals surface area contributed by atoms with E-state index in [4.69, 9.17) is 5.11 Å². The molecule has 0 saturated heterocycles. The first kappa shape index (κ1) is 14.4. The van der Waals surface area contributed by atoms with Crippen LogP contribution in [0, 0.1) is 0 Å². The van der Waals surface area contributed by atoms with E-state index in [9.17, 15) is 9.59 Å². The van der Waals surface area contributed by atoms with E-state index in [0.29, 0.717) is 18.7 Å². The summed E-state index contributed by atoms with van der Waals surface area (Å²) in [4.78, 5) is 30.0. The van der Waals surface area contributed by atoms with Gasteiger partial charge in [-0.15, -0.1) is 0 Å². The minimum absolute atomic E-state index is 0.0322. The Morgan fingerprint density at radius 1 is 1.50 bits per heavy atom. The molecule has 1 fully saturated rings. The van der Waals surface area contributed by atoms with Crippen molar-refractivity contribution in [2.75, 3.05) is 0 Å². The molecular formula is C13H20N4O3. The van der Waals surface area contributed by atoms with Crippen LogP contribution in [0.1, 0.15) is 50.9 Å². The molecule has 0 spiro atoms. The highest BCUT2D eigenvalue weighted by Crippen LogP contribution is 2.32. The molecular weight excluding hydrogens is 260 g/mol. The Kier molecular flexibility index (Phi) is 4.26. The van der Waals surface area contributed by atoms with Gasteiger partial charge in [0, 0.05) is 12.4 Å². The highest BCUT2D eigenvalue weighted by atomic mass is 16.4. The van der Waals surface area contributed by atoms with Crippen LogP contribution in [0.2, 0.25) is 0 Å². The first-order valence-corrected chi connectivity index (χ1v) is 6.80. The SMILES string of the molecule is CC(NC(=O)NC1(CC(=O)O)CCCC1)c1ncc[nH]1. The Hall–Kier alpha value is -2.05. The van der Waals surface area contributed by atoms with Crippen molar-refractivity contribution in [1.82, 2.24) is 20.6 Å². The predicted octanol–water partition coefficient (Wildman–Crippen LogP) is 1.56. The molecule has 1 aliphatic carbocycles. The second-order valence-electron chi connectivity index (χ2n) is 5.35. The number of aromatic amines is 1. The zero-order chi connectivity index (χ0) is 14.6. The Morgan fingerprint density at radius 2 is 2.20 bits per heavy atom. The number of urea groups is 1. The first-order valence-electron chi connectivity index (χ1n) is 6.80. The number of carboxylic acid groups (broad SMARTS) is 1. The van der Waals surface area contributed by atoms with Crippen LogP contribution in [-0.4, -0.2) is 32.6 Å². The van der Waals surface area contributed by atoms with Gasteiger partial charge in [0.15, 0.2) is 0 Å². The fourth-order valence-electron chi connectivity index (χ4n) is 2.74. The van der Waals surface area contributed by atoms with Crippen LogP contribution in [0.3, 0.4) is 0 Å². The summed E-state index contributed by atoms with van der Waals surface area (Å²) >= 11 is 0. The van der Waals surface area contributed by atoms with E-state index >= 15 is 0 Å². The smallest absolute Gasteiger partial charge is 0.315 e. The maximum absolute atomic E-state index is 12.0. The summed E-state index contributed by atoms with van der Waals surface area (Å²) in [6.45, 7) is 1.82.